The van der Waals surface area contributed by atoms with Gasteiger partial charge in [-0.05, 0) is 35.4 Å². The molecule has 27 heavy (non-hydrogen) atoms. The molecule has 1 unspecified atom stereocenters. The van der Waals surface area contributed by atoms with Crippen molar-refractivity contribution in [3.8, 4) is 5.75 Å². The minimum Gasteiger partial charge on any atom is -0.484 e. The maximum atomic E-state index is 12.4. The number of amides is 1. The van der Waals surface area contributed by atoms with Crippen LogP contribution in [0.15, 0.2) is 48.5 Å². The van der Waals surface area contributed by atoms with Gasteiger partial charge in [0.2, 0.25) is 0 Å². The third kappa shape index (κ3) is 5.00. The first-order valence-electron chi connectivity index (χ1n) is 8.02. The van der Waals surface area contributed by atoms with Gasteiger partial charge in [-0.1, -0.05) is 24.3 Å². The molecule has 0 aliphatic carbocycles. The molecule has 0 saturated carbocycles. The van der Waals surface area contributed by atoms with Crippen LogP contribution in [0.5, 0.6) is 5.75 Å². The molecule has 1 amide bonds. The van der Waals surface area contributed by atoms with Crippen LogP contribution >= 0.6 is 0 Å². The van der Waals surface area contributed by atoms with E-state index in [0.717, 1.165) is 5.56 Å². The van der Waals surface area contributed by atoms with E-state index < -0.39 is 34.6 Å². The van der Waals surface area contributed by atoms with Crippen LogP contribution in [0.3, 0.4) is 0 Å². The number of rotatable bonds is 4. The predicted octanol–water partition coefficient (Wildman–Crippen LogP) is 3.03. The fourth-order valence-corrected chi connectivity index (χ4v) is 4.50. The molecule has 9 heteroatoms. The van der Waals surface area contributed by atoms with Crippen molar-refractivity contribution >= 4 is 15.7 Å². The van der Waals surface area contributed by atoms with E-state index in [0.29, 0.717) is 5.56 Å². The number of ether oxygens (including phenoxy) is 1. The molecular weight excluding hydrogens is 383 g/mol. The number of fused-ring (bicyclic) bond motifs is 1. The normalized spacial score (nSPS) is 18.4. The second kappa shape index (κ2) is 7.22. The fraction of sp³-hybridized carbons (Fsp3) is 0.278. The highest BCUT2D eigenvalue weighted by Gasteiger charge is 2.31. The van der Waals surface area contributed by atoms with Gasteiger partial charge in [-0.15, -0.1) is 0 Å². The Balaban J connectivity index is 1.72. The topological polar surface area (TPSA) is 72.5 Å². The van der Waals surface area contributed by atoms with Crippen LogP contribution in [0.1, 0.15) is 27.5 Å². The molecule has 1 atom stereocenters. The Morgan fingerprint density at radius 2 is 1.78 bits per heavy atom. The quantitative estimate of drug-likeness (QED) is 0.858. The summed E-state index contributed by atoms with van der Waals surface area (Å²) in [7, 11) is -3.34. The lowest BCUT2D eigenvalue weighted by molar-refractivity contribution is -0.153. The smallest absolute Gasteiger partial charge is 0.422 e. The van der Waals surface area contributed by atoms with Crippen molar-refractivity contribution < 1.29 is 31.1 Å². The first-order valence-corrected chi connectivity index (χ1v) is 9.84. The van der Waals surface area contributed by atoms with Crippen molar-refractivity contribution in [3.63, 3.8) is 0 Å². The largest absolute Gasteiger partial charge is 0.484 e. The Morgan fingerprint density at radius 1 is 1.11 bits per heavy atom. The Morgan fingerprint density at radius 3 is 2.44 bits per heavy atom. The van der Waals surface area contributed by atoms with Gasteiger partial charge in [0.1, 0.15) is 5.75 Å². The number of carbonyl (C=O) groups is 1. The predicted molar refractivity (Wildman–Crippen MR) is 92.1 cm³/mol. The summed E-state index contributed by atoms with van der Waals surface area (Å²) < 4.78 is 65.2. The van der Waals surface area contributed by atoms with E-state index in [1.807, 2.05) is 0 Å². The highest BCUT2D eigenvalue weighted by Crippen LogP contribution is 2.28. The summed E-state index contributed by atoms with van der Waals surface area (Å²) in [6, 6.07) is 11.4. The lowest BCUT2D eigenvalue weighted by atomic mass is 10.0. The Hall–Kier alpha value is -2.55. The van der Waals surface area contributed by atoms with Gasteiger partial charge in [-0.25, -0.2) is 8.42 Å². The average Bonchev–Trinajstić information content (AvgIpc) is 2.59. The van der Waals surface area contributed by atoms with Crippen LogP contribution in [-0.4, -0.2) is 32.9 Å². The molecule has 0 radical (unpaired) electrons. The third-order valence-electron chi connectivity index (χ3n) is 4.05. The van der Waals surface area contributed by atoms with Crippen molar-refractivity contribution in [2.75, 3.05) is 12.4 Å². The number of hydrogen-bond donors (Lipinski definition) is 1. The van der Waals surface area contributed by atoms with E-state index in [1.54, 1.807) is 24.3 Å². The van der Waals surface area contributed by atoms with Crippen LogP contribution in [0.2, 0.25) is 0 Å². The monoisotopic (exact) mass is 399 g/mol. The number of hydrogen-bond acceptors (Lipinski definition) is 4. The van der Waals surface area contributed by atoms with E-state index >= 15 is 0 Å². The minimum atomic E-state index is -4.45. The first kappa shape index (κ1) is 19.2. The summed E-state index contributed by atoms with van der Waals surface area (Å²) in [6.45, 7) is -1.42. The van der Waals surface area contributed by atoms with Crippen molar-refractivity contribution in [3.05, 3.63) is 65.2 Å². The third-order valence-corrected chi connectivity index (χ3v) is 5.64. The number of carbonyl (C=O) groups excluding carboxylic acids is 1. The number of nitrogens with one attached hydrogen (secondary N) is 1. The van der Waals surface area contributed by atoms with E-state index in [2.05, 4.69) is 10.1 Å². The van der Waals surface area contributed by atoms with Gasteiger partial charge >= 0.3 is 6.18 Å². The van der Waals surface area contributed by atoms with Gasteiger partial charge in [0.25, 0.3) is 5.91 Å². The van der Waals surface area contributed by atoms with Crippen LogP contribution < -0.4 is 10.1 Å². The van der Waals surface area contributed by atoms with Crippen molar-refractivity contribution in [1.29, 1.82) is 0 Å². The zero-order chi connectivity index (χ0) is 19.7. The van der Waals surface area contributed by atoms with Gasteiger partial charge in [0.05, 0.1) is 17.5 Å². The molecule has 0 spiro atoms. The zero-order valence-corrected chi connectivity index (χ0v) is 14.8. The molecule has 0 aromatic heterocycles. The van der Waals surface area contributed by atoms with Crippen molar-refractivity contribution in [2.45, 2.75) is 18.0 Å². The Bertz CT molecular complexity index is 940. The average molecular weight is 399 g/mol. The lowest BCUT2D eigenvalue weighted by Gasteiger charge is -2.26. The standard InChI is InChI=1S/C18H16F3NO4S/c19-18(20,21)11-26-14-7-5-12(6-8-14)17(23)22-16-10-27(24,25)9-13-3-1-2-4-15(13)16/h1-8,16H,9-11H2,(H,22,23). The minimum absolute atomic E-state index is 0.0190. The molecule has 0 bridgehead atoms. The number of benzene rings is 2. The highest BCUT2D eigenvalue weighted by atomic mass is 32.2. The highest BCUT2D eigenvalue weighted by molar-refractivity contribution is 7.90. The summed E-state index contributed by atoms with van der Waals surface area (Å²) in [5.74, 6) is -0.813. The fourth-order valence-electron chi connectivity index (χ4n) is 2.87. The van der Waals surface area contributed by atoms with Crippen molar-refractivity contribution in [2.24, 2.45) is 0 Å². The molecule has 3 rings (SSSR count). The van der Waals surface area contributed by atoms with Gasteiger partial charge in [0.15, 0.2) is 16.4 Å². The van der Waals surface area contributed by atoms with Crippen LogP contribution in [0, 0.1) is 0 Å². The maximum Gasteiger partial charge on any atom is 0.422 e. The van der Waals surface area contributed by atoms with Gasteiger partial charge in [-0.2, -0.15) is 13.2 Å². The summed E-state index contributed by atoms with van der Waals surface area (Å²) in [6.07, 6.45) is -4.45. The number of halogens is 3. The molecule has 5 nitrogen and oxygen atoms in total. The van der Waals surface area contributed by atoms with E-state index in [9.17, 15) is 26.4 Å². The van der Waals surface area contributed by atoms with E-state index in [4.69, 9.17) is 0 Å². The molecule has 1 heterocycles. The van der Waals surface area contributed by atoms with Gasteiger partial charge in [0, 0.05) is 5.56 Å². The molecule has 2 aromatic rings. The Labute approximate surface area is 154 Å². The van der Waals surface area contributed by atoms with Crippen LogP contribution in [0.25, 0.3) is 0 Å². The molecule has 0 saturated heterocycles. The molecule has 2 aromatic carbocycles. The van der Waals surface area contributed by atoms with Crippen LogP contribution in [-0.2, 0) is 15.6 Å². The lowest BCUT2D eigenvalue weighted by Crippen LogP contribution is -2.37. The second-order valence-corrected chi connectivity index (χ2v) is 8.32. The SMILES string of the molecule is O=C(NC1CS(=O)(=O)Cc2ccccc21)c1ccc(OCC(F)(F)F)cc1. The molecule has 1 N–H and O–H groups in total. The van der Waals surface area contributed by atoms with Gasteiger partial charge < -0.3 is 10.1 Å². The molecule has 1 aliphatic heterocycles. The van der Waals surface area contributed by atoms with Crippen LogP contribution in [0.4, 0.5) is 13.2 Å². The van der Waals surface area contributed by atoms with E-state index in [-0.39, 0.29) is 22.8 Å². The van der Waals surface area contributed by atoms with E-state index in [1.165, 1.54) is 24.3 Å². The zero-order valence-electron chi connectivity index (χ0n) is 14.0. The summed E-state index contributed by atoms with van der Waals surface area (Å²) in [4.78, 5) is 12.4. The first-order chi connectivity index (χ1) is 12.6. The maximum absolute atomic E-state index is 12.4. The molecule has 0 fully saturated rings. The van der Waals surface area contributed by atoms with Gasteiger partial charge in [-0.3, -0.25) is 4.79 Å². The summed E-state index contributed by atoms with van der Waals surface area (Å²) in [5, 5.41) is 2.68. The number of sulfone groups is 1. The second-order valence-electron chi connectivity index (χ2n) is 6.21. The summed E-state index contributed by atoms with van der Waals surface area (Å²) in [5.41, 5.74) is 1.57. The Kier molecular flexibility index (Phi) is 5.14. The molecular formula is C18H16F3NO4S. The van der Waals surface area contributed by atoms with Crippen molar-refractivity contribution in [1.82, 2.24) is 5.32 Å². The number of alkyl halides is 3. The molecule has 1 aliphatic rings. The summed E-state index contributed by atoms with van der Waals surface area (Å²) >= 11 is 0. The molecule has 144 valence electrons.